The van der Waals surface area contributed by atoms with Crippen LogP contribution in [0.3, 0.4) is 0 Å². The Morgan fingerprint density at radius 3 is 2.58 bits per heavy atom. The van der Waals surface area contributed by atoms with E-state index in [0.717, 1.165) is 36.5 Å². The van der Waals surface area contributed by atoms with Gasteiger partial charge in [0, 0.05) is 6.61 Å². The van der Waals surface area contributed by atoms with Crippen molar-refractivity contribution in [3.05, 3.63) is 23.8 Å². The highest BCUT2D eigenvalue weighted by molar-refractivity contribution is 5.46. The highest BCUT2D eigenvalue weighted by Gasteiger charge is 2.10. The molecule has 1 aromatic rings. The van der Waals surface area contributed by atoms with E-state index in [-0.39, 0.29) is 0 Å². The van der Waals surface area contributed by atoms with Crippen molar-refractivity contribution in [1.29, 1.82) is 0 Å². The Morgan fingerprint density at radius 2 is 1.89 bits per heavy atom. The molecule has 0 saturated carbocycles. The number of benzene rings is 1. The lowest BCUT2D eigenvalue weighted by Crippen LogP contribution is -2.11. The van der Waals surface area contributed by atoms with Crippen molar-refractivity contribution in [3.63, 3.8) is 0 Å². The van der Waals surface area contributed by atoms with Crippen LogP contribution >= 0.6 is 0 Å². The molecule has 0 amide bonds. The number of hydrogen-bond acceptors (Lipinski definition) is 4. The summed E-state index contributed by atoms with van der Waals surface area (Å²) in [5, 5.41) is 0. The molecule has 0 aromatic heterocycles. The molecule has 1 aromatic carbocycles. The van der Waals surface area contributed by atoms with E-state index < -0.39 is 0 Å². The molecule has 0 fully saturated rings. The van der Waals surface area contributed by atoms with Crippen LogP contribution in [0, 0.1) is 0 Å². The molecule has 1 rings (SSSR count). The fraction of sp³-hybridized carbons (Fsp3) is 0.600. The average Bonchev–Trinajstić information content (AvgIpc) is 2.41. The molecule has 0 aliphatic rings. The van der Waals surface area contributed by atoms with Crippen LogP contribution in [0.25, 0.3) is 0 Å². The summed E-state index contributed by atoms with van der Waals surface area (Å²) in [5.74, 6) is 1.58. The summed E-state index contributed by atoms with van der Waals surface area (Å²) in [6, 6.07) is 5.92. The average molecular weight is 267 g/mol. The molecule has 108 valence electrons. The Hall–Kier alpha value is -1.26. The predicted molar refractivity (Wildman–Crippen MR) is 77.0 cm³/mol. The summed E-state index contributed by atoms with van der Waals surface area (Å²) < 4.78 is 16.8. The molecule has 0 radical (unpaired) electrons. The van der Waals surface area contributed by atoms with Gasteiger partial charge in [0.25, 0.3) is 0 Å². The third-order valence-corrected chi connectivity index (χ3v) is 2.60. The largest absolute Gasteiger partial charge is 0.490 e. The van der Waals surface area contributed by atoms with Crippen molar-refractivity contribution in [3.8, 4) is 11.5 Å². The molecule has 0 saturated heterocycles. The van der Waals surface area contributed by atoms with Gasteiger partial charge in [-0.2, -0.15) is 0 Å². The lowest BCUT2D eigenvalue weighted by molar-refractivity contribution is 0.0988. The van der Waals surface area contributed by atoms with Gasteiger partial charge in [0.1, 0.15) is 6.61 Å². The molecule has 0 aliphatic heterocycles. The smallest absolute Gasteiger partial charge is 0.164 e. The summed E-state index contributed by atoms with van der Waals surface area (Å²) in [6.07, 6.45) is 1.81. The Labute approximate surface area is 115 Å². The SMILES string of the molecule is CCCOCCOc1c(CCN)cccc1OCC. The van der Waals surface area contributed by atoms with Crippen molar-refractivity contribution in [2.75, 3.05) is 33.0 Å². The summed E-state index contributed by atoms with van der Waals surface area (Å²) in [7, 11) is 0. The summed E-state index contributed by atoms with van der Waals surface area (Å²) in [6.45, 7) is 7.16. The molecule has 0 bridgehead atoms. The van der Waals surface area contributed by atoms with Gasteiger partial charge in [0.15, 0.2) is 11.5 Å². The van der Waals surface area contributed by atoms with Crippen molar-refractivity contribution in [2.45, 2.75) is 26.7 Å². The monoisotopic (exact) mass is 267 g/mol. The molecule has 0 atom stereocenters. The van der Waals surface area contributed by atoms with E-state index in [9.17, 15) is 0 Å². The van der Waals surface area contributed by atoms with Crippen LogP contribution in [0.15, 0.2) is 18.2 Å². The quantitative estimate of drug-likeness (QED) is 0.661. The Bertz CT molecular complexity index is 331. The number of rotatable bonds is 10. The normalized spacial score (nSPS) is 10.5. The van der Waals surface area contributed by atoms with Gasteiger partial charge >= 0.3 is 0 Å². The molecule has 0 unspecified atom stereocenters. The second kappa shape index (κ2) is 9.64. The van der Waals surface area contributed by atoms with E-state index in [1.807, 2.05) is 25.1 Å². The van der Waals surface area contributed by atoms with Crippen LogP contribution in [0.1, 0.15) is 25.8 Å². The third kappa shape index (κ3) is 5.49. The Kier molecular flexibility index (Phi) is 8.02. The fourth-order valence-electron chi connectivity index (χ4n) is 1.80. The van der Waals surface area contributed by atoms with E-state index >= 15 is 0 Å². The van der Waals surface area contributed by atoms with Crippen LogP contribution in [-0.4, -0.2) is 33.0 Å². The van der Waals surface area contributed by atoms with E-state index in [0.29, 0.717) is 26.4 Å². The van der Waals surface area contributed by atoms with E-state index in [1.165, 1.54) is 0 Å². The molecule has 0 aliphatic carbocycles. The van der Waals surface area contributed by atoms with Crippen molar-refractivity contribution in [2.24, 2.45) is 5.73 Å². The van der Waals surface area contributed by atoms with Crippen molar-refractivity contribution in [1.82, 2.24) is 0 Å². The molecular formula is C15H25NO3. The summed E-state index contributed by atoms with van der Waals surface area (Å²) >= 11 is 0. The second-order valence-electron chi connectivity index (χ2n) is 4.18. The number of nitrogens with two attached hydrogens (primary N) is 1. The van der Waals surface area contributed by atoms with Gasteiger partial charge in [0.2, 0.25) is 0 Å². The first-order valence-corrected chi connectivity index (χ1v) is 6.98. The standard InChI is InChI=1S/C15H25NO3/c1-3-10-17-11-12-19-15-13(8-9-16)6-5-7-14(15)18-4-2/h5-7H,3-4,8-12,16H2,1-2H3. The zero-order chi connectivity index (χ0) is 13.9. The number of para-hydroxylation sites is 1. The topological polar surface area (TPSA) is 53.7 Å². The van der Waals surface area contributed by atoms with Crippen LogP contribution in [0.2, 0.25) is 0 Å². The number of hydrogen-bond donors (Lipinski definition) is 1. The van der Waals surface area contributed by atoms with E-state index in [4.69, 9.17) is 19.9 Å². The minimum Gasteiger partial charge on any atom is -0.490 e. The molecular weight excluding hydrogens is 242 g/mol. The zero-order valence-electron chi connectivity index (χ0n) is 12.0. The summed E-state index contributed by atoms with van der Waals surface area (Å²) in [5.41, 5.74) is 6.71. The second-order valence-corrected chi connectivity index (χ2v) is 4.18. The van der Waals surface area contributed by atoms with Crippen LogP contribution in [0.5, 0.6) is 11.5 Å². The Morgan fingerprint density at radius 1 is 1.05 bits per heavy atom. The van der Waals surface area contributed by atoms with E-state index in [2.05, 4.69) is 6.92 Å². The third-order valence-electron chi connectivity index (χ3n) is 2.60. The molecule has 4 nitrogen and oxygen atoms in total. The molecule has 4 heteroatoms. The highest BCUT2D eigenvalue weighted by Crippen LogP contribution is 2.31. The maximum atomic E-state index is 5.81. The molecule has 2 N–H and O–H groups in total. The number of ether oxygens (including phenoxy) is 3. The van der Waals surface area contributed by atoms with Crippen LogP contribution in [-0.2, 0) is 11.2 Å². The lowest BCUT2D eigenvalue weighted by atomic mass is 10.1. The van der Waals surface area contributed by atoms with Gasteiger partial charge in [0.05, 0.1) is 13.2 Å². The molecule has 19 heavy (non-hydrogen) atoms. The van der Waals surface area contributed by atoms with Gasteiger partial charge in [-0.15, -0.1) is 0 Å². The van der Waals surface area contributed by atoms with E-state index in [1.54, 1.807) is 0 Å². The fourth-order valence-corrected chi connectivity index (χ4v) is 1.80. The first-order chi connectivity index (χ1) is 9.33. The van der Waals surface area contributed by atoms with Crippen LogP contribution < -0.4 is 15.2 Å². The maximum Gasteiger partial charge on any atom is 0.164 e. The highest BCUT2D eigenvalue weighted by atomic mass is 16.5. The van der Waals surface area contributed by atoms with Crippen LogP contribution in [0.4, 0.5) is 0 Å². The minimum absolute atomic E-state index is 0.529. The van der Waals surface area contributed by atoms with Gasteiger partial charge < -0.3 is 19.9 Å². The van der Waals surface area contributed by atoms with Crippen molar-refractivity contribution < 1.29 is 14.2 Å². The van der Waals surface area contributed by atoms with Gasteiger partial charge in [-0.3, -0.25) is 0 Å². The lowest BCUT2D eigenvalue weighted by Gasteiger charge is -2.15. The molecule has 0 heterocycles. The molecule has 0 spiro atoms. The maximum absolute atomic E-state index is 5.81. The van der Waals surface area contributed by atoms with Gasteiger partial charge in [-0.1, -0.05) is 19.1 Å². The van der Waals surface area contributed by atoms with Crippen molar-refractivity contribution >= 4 is 0 Å². The van der Waals surface area contributed by atoms with Gasteiger partial charge in [-0.25, -0.2) is 0 Å². The van der Waals surface area contributed by atoms with Gasteiger partial charge in [-0.05, 0) is 37.9 Å². The first kappa shape index (κ1) is 15.8. The predicted octanol–water partition coefficient (Wildman–Crippen LogP) is 2.39. The minimum atomic E-state index is 0.529. The zero-order valence-corrected chi connectivity index (χ0v) is 12.0. The Balaban J connectivity index is 2.64. The summed E-state index contributed by atoms with van der Waals surface area (Å²) in [4.78, 5) is 0. The first-order valence-electron chi connectivity index (χ1n) is 6.98.